The van der Waals surface area contributed by atoms with Crippen LogP contribution in [0.3, 0.4) is 0 Å². The Morgan fingerprint density at radius 2 is 2.26 bits per heavy atom. The van der Waals surface area contributed by atoms with Crippen molar-refractivity contribution in [2.75, 3.05) is 13.1 Å². The lowest BCUT2D eigenvalue weighted by atomic mass is 10.2. The standard InChI is InChI=1S/C11H12ClN3O4/c1-7(16)14-3-2-13-6-8-4-9(12)5-10(11(8)17)15(18)19/h4-6,17H,2-3H2,1H3,(H,14,16)/p-1. The summed E-state index contributed by atoms with van der Waals surface area (Å²) in [6, 6.07) is 2.30. The van der Waals surface area contributed by atoms with Gasteiger partial charge in [-0.25, -0.2) is 0 Å². The number of nitro groups is 1. The van der Waals surface area contributed by atoms with Gasteiger partial charge in [-0.3, -0.25) is 19.9 Å². The summed E-state index contributed by atoms with van der Waals surface area (Å²) in [5.74, 6) is -0.921. The minimum absolute atomic E-state index is 0.0435. The lowest BCUT2D eigenvalue weighted by Gasteiger charge is -2.10. The monoisotopic (exact) mass is 284 g/mol. The van der Waals surface area contributed by atoms with Gasteiger partial charge in [-0.15, -0.1) is 0 Å². The zero-order valence-electron chi connectivity index (χ0n) is 10.1. The molecule has 19 heavy (non-hydrogen) atoms. The maximum absolute atomic E-state index is 11.7. The summed E-state index contributed by atoms with van der Waals surface area (Å²) in [5.41, 5.74) is -0.544. The maximum atomic E-state index is 11.7. The second-order valence-electron chi connectivity index (χ2n) is 3.62. The summed E-state index contributed by atoms with van der Waals surface area (Å²) < 4.78 is 0. The molecule has 0 spiro atoms. The van der Waals surface area contributed by atoms with Crippen molar-refractivity contribution in [3.63, 3.8) is 0 Å². The van der Waals surface area contributed by atoms with Gasteiger partial charge in [0, 0.05) is 30.8 Å². The van der Waals surface area contributed by atoms with Crippen LogP contribution in [0.25, 0.3) is 0 Å². The number of rotatable bonds is 5. The van der Waals surface area contributed by atoms with Gasteiger partial charge in [-0.2, -0.15) is 0 Å². The number of nitro benzene ring substituents is 1. The molecule has 0 bridgehead atoms. The number of nitrogens with one attached hydrogen (secondary N) is 1. The summed E-state index contributed by atoms with van der Waals surface area (Å²) in [5, 5.41) is 24.9. The van der Waals surface area contributed by atoms with E-state index in [9.17, 15) is 20.0 Å². The molecule has 1 rings (SSSR count). The number of halogens is 1. The molecule has 7 nitrogen and oxygen atoms in total. The SMILES string of the molecule is CC(=O)NCCN=Cc1cc(Cl)cc([N+](=O)[O-])c1[O-]. The van der Waals surface area contributed by atoms with E-state index in [0.29, 0.717) is 6.54 Å². The molecule has 0 unspecified atom stereocenters. The number of benzene rings is 1. The first kappa shape index (κ1) is 14.9. The Labute approximate surface area is 114 Å². The van der Waals surface area contributed by atoms with Gasteiger partial charge in [0.1, 0.15) is 0 Å². The Hall–Kier alpha value is -2.15. The fourth-order valence-corrected chi connectivity index (χ4v) is 1.51. The highest BCUT2D eigenvalue weighted by Gasteiger charge is 2.10. The molecule has 0 aliphatic heterocycles. The van der Waals surface area contributed by atoms with Crippen LogP contribution in [-0.4, -0.2) is 30.1 Å². The summed E-state index contributed by atoms with van der Waals surface area (Å²) in [4.78, 5) is 24.3. The van der Waals surface area contributed by atoms with Gasteiger partial charge in [-0.05, 0) is 17.4 Å². The van der Waals surface area contributed by atoms with Crippen LogP contribution in [0, 0.1) is 10.1 Å². The van der Waals surface area contributed by atoms with Crippen molar-refractivity contribution in [2.45, 2.75) is 6.92 Å². The average molecular weight is 285 g/mol. The van der Waals surface area contributed by atoms with Gasteiger partial charge in [0.2, 0.25) is 5.91 Å². The normalized spacial score (nSPS) is 10.6. The summed E-state index contributed by atoms with van der Waals surface area (Å²) in [7, 11) is 0. The van der Waals surface area contributed by atoms with Crippen LogP contribution in [0.2, 0.25) is 5.02 Å². The van der Waals surface area contributed by atoms with E-state index in [4.69, 9.17) is 11.6 Å². The van der Waals surface area contributed by atoms with E-state index in [2.05, 4.69) is 10.3 Å². The van der Waals surface area contributed by atoms with Gasteiger partial charge < -0.3 is 10.4 Å². The molecule has 1 N–H and O–H groups in total. The van der Waals surface area contributed by atoms with E-state index in [1.807, 2.05) is 0 Å². The molecular weight excluding hydrogens is 274 g/mol. The number of carbonyl (C=O) groups excluding carboxylic acids is 1. The van der Waals surface area contributed by atoms with Crippen molar-refractivity contribution in [1.82, 2.24) is 5.32 Å². The van der Waals surface area contributed by atoms with Gasteiger partial charge in [0.25, 0.3) is 5.69 Å². The van der Waals surface area contributed by atoms with Crippen molar-refractivity contribution in [1.29, 1.82) is 0 Å². The molecule has 1 aromatic rings. The Morgan fingerprint density at radius 3 is 2.84 bits per heavy atom. The molecule has 1 amide bonds. The minimum Gasteiger partial charge on any atom is -0.867 e. The number of nitrogens with zero attached hydrogens (tertiary/aromatic N) is 2. The average Bonchev–Trinajstić information content (AvgIpc) is 2.31. The Morgan fingerprint density at radius 1 is 1.58 bits per heavy atom. The number of hydrogen-bond acceptors (Lipinski definition) is 5. The third-order valence-corrected chi connectivity index (χ3v) is 2.32. The van der Waals surface area contributed by atoms with Crippen molar-refractivity contribution >= 4 is 29.4 Å². The quantitative estimate of drug-likeness (QED) is 0.375. The number of aliphatic imine (C=N–C) groups is 1. The number of hydrogen-bond donors (Lipinski definition) is 1. The molecule has 0 aliphatic carbocycles. The third-order valence-electron chi connectivity index (χ3n) is 2.10. The predicted octanol–water partition coefficient (Wildman–Crippen LogP) is 0.877. The van der Waals surface area contributed by atoms with E-state index < -0.39 is 16.4 Å². The highest BCUT2D eigenvalue weighted by molar-refractivity contribution is 6.31. The fraction of sp³-hybridized carbons (Fsp3) is 0.273. The highest BCUT2D eigenvalue weighted by Crippen LogP contribution is 2.29. The molecule has 8 heteroatoms. The van der Waals surface area contributed by atoms with Crippen LogP contribution in [-0.2, 0) is 4.79 Å². The number of carbonyl (C=O) groups is 1. The molecule has 0 heterocycles. The fourth-order valence-electron chi connectivity index (χ4n) is 1.29. The predicted molar refractivity (Wildman–Crippen MR) is 68.7 cm³/mol. The van der Waals surface area contributed by atoms with Crippen LogP contribution in [0.5, 0.6) is 5.75 Å². The Balaban J connectivity index is 2.80. The van der Waals surface area contributed by atoms with E-state index in [-0.39, 0.29) is 23.0 Å². The van der Waals surface area contributed by atoms with Crippen molar-refractivity contribution < 1.29 is 14.8 Å². The van der Waals surface area contributed by atoms with Crippen molar-refractivity contribution in [3.05, 3.63) is 32.8 Å². The first-order valence-corrected chi connectivity index (χ1v) is 5.69. The van der Waals surface area contributed by atoms with Gasteiger partial charge in [0.15, 0.2) is 0 Å². The van der Waals surface area contributed by atoms with Gasteiger partial charge in [-0.1, -0.05) is 11.6 Å². The van der Waals surface area contributed by atoms with E-state index in [0.717, 1.165) is 6.07 Å². The molecule has 0 fully saturated rings. The van der Waals surface area contributed by atoms with Crippen LogP contribution in [0.15, 0.2) is 17.1 Å². The molecule has 1 aromatic carbocycles. The lowest BCUT2D eigenvalue weighted by molar-refractivity contribution is -0.398. The van der Waals surface area contributed by atoms with E-state index >= 15 is 0 Å². The van der Waals surface area contributed by atoms with Crippen LogP contribution >= 0.6 is 11.6 Å². The molecule has 0 saturated heterocycles. The summed E-state index contributed by atoms with van der Waals surface area (Å²) >= 11 is 5.69. The molecule has 0 atom stereocenters. The largest absolute Gasteiger partial charge is 0.867 e. The molecular formula is C11H11ClN3O4-. The Bertz CT molecular complexity index is 531. The Kier molecular flexibility index (Phi) is 5.25. The highest BCUT2D eigenvalue weighted by atomic mass is 35.5. The zero-order valence-corrected chi connectivity index (χ0v) is 10.8. The number of amides is 1. The van der Waals surface area contributed by atoms with Crippen molar-refractivity contribution in [3.8, 4) is 5.75 Å². The van der Waals surface area contributed by atoms with E-state index in [1.165, 1.54) is 19.2 Å². The second-order valence-corrected chi connectivity index (χ2v) is 4.06. The first-order chi connectivity index (χ1) is 8.91. The first-order valence-electron chi connectivity index (χ1n) is 5.31. The summed E-state index contributed by atoms with van der Waals surface area (Å²) in [6.45, 7) is 1.96. The molecule has 0 aliphatic rings. The molecule has 0 saturated carbocycles. The van der Waals surface area contributed by atoms with Crippen LogP contribution in [0.1, 0.15) is 12.5 Å². The smallest absolute Gasteiger partial charge is 0.263 e. The minimum atomic E-state index is -0.789. The summed E-state index contributed by atoms with van der Waals surface area (Å²) in [6.07, 6.45) is 1.21. The van der Waals surface area contributed by atoms with Crippen LogP contribution in [0.4, 0.5) is 5.69 Å². The van der Waals surface area contributed by atoms with Crippen molar-refractivity contribution in [2.24, 2.45) is 4.99 Å². The second kappa shape index (κ2) is 6.69. The lowest BCUT2D eigenvalue weighted by Crippen LogP contribution is -2.22. The maximum Gasteiger partial charge on any atom is 0.263 e. The molecule has 102 valence electrons. The van der Waals surface area contributed by atoms with Crippen LogP contribution < -0.4 is 10.4 Å². The zero-order chi connectivity index (χ0) is 14.4. The topological polar surface area (TPSA) is 108 Å². The van der Waals surface area contributed by atoms with E-state index in [1.54, 1.807) is 0 Å². The molecule has 0 radical (unpaired) electrons. The molecule has 0 aromatic heterocycles. The third kappa shape index (κ3) is 4.55. The van der Waals surface area contributed by atoms with Gasteiger partial charge >= 0.3 is 0 Å². The van der Waals surface area contributed by atoms with Gasteiger partial charge in [0.05, 0.1) is 11.5 Å².